The van der Waals surface area contributed by atoms with Gasteiger partial charge in [-0.25, -0.2) is 0 Å². The summed E-state index contributed by atoms with van der Waals surface area (Å²) >= 11 is 0. The molecular weight excluding hydrogens is 318 g/mol. The van der Waals surface area contributed by atoms with E-state index in [0.717, 1.165) is 5.39 Å². The number of carbonyl (C=O) groups is 1. The zero-order chi connectivity index (χ0) is 17.9. The number of nitriles is 1. The van der Waals surface area contributed by atoms with E-state index in [0.29, 0.717) is 22.6 Å². The van der Waals surface area contributed by atoms with Crippen LogP contribution < -0.4 is 10.1 Å². The second-order valence-electron chi connectivity index (χ2n) is 6.06. The van der Waals surface area contributed by atoms with Crippen LogP contribution in [0.25, 0.3) is 11.0 Å². The van der Waals surface area contributed by atoms with Crippen LogP contribution >= 0.6 is 0 Å². The number of fused-ring (bicyclic) bond motifs is 1. The first-order valence-corrected chi connectivity index (χ1v) is 7.80. The number of nitrogens with zero attached hydrogens (tertiary/aromatic N) is 2. The molecule has 0 atom stereocenters. The number of hydrogen-bond acceptors (Lipinski definition) is 5. The van der Waals surface area contributed by atoms with Crippen LogP contribution in [0.5, 0.6) is 5.75 Å². The summed E-state index contributed by atoms with van der Waals surface area (Å²) in [4.78, 5) is 12.5. The predicted molar refractivity (Wildman–Crippen MR) is 91.7 cm³/mol. The molecule has 1 aromatic heterocycles. The lowest BCUT2D eigenvalue weighted by Gasteiger charge is -2.25. The number of aromatic nitrogens is 1. The van der Waals surface area contributed by atoms with Crippen molar-refractivity contribution in [2.75, 3.05) is 0 Å². The summed E-state index contributed by atoms with van der Waals surface area (Å²) < 4.78 is 11.0. The fourth-order valence-corrected chi connectivity index (χ4v) is 2.38. The largest absolute Gasteiger partial charge is 0.478 e. The molecule has 0 aliphatic heterocycles. The number of amides is 1. The molecule has 1 heterocycles. The highest BCUT2D eigenvalue weighted by Crippen LogP contribution is 2.20. The van der Waals surface area contributed by atoms with Crippen LogP contribution in [0.2, 0.25) is 0 Å². The molecule has 0 unspecified atom stereocenters. The third kappa shape index (κ3) is 3.61. The molecule has 0 spiro atoms. The third-order valence-corrected chi connectivity index (χ3v) is 3.77. The van der Waals surface area contributed by atoms with Gasteiger partial charge in [0.05, 0.1) is 18.2 Å². The Labute approximate surface area is 145 Å². The van der Waals surface area contributed by atoms with Crippen molar-refractivity contribution >= 4 is 16.9 Å². The van der Waals surface area contributed by atoms with Gasteiger partial charge in [-0.15, -0.1) is 0 Å². The molecule has 3 rings (SSSR count). The number of ether oxygens (including phenoxy) is 1. The summed E-state index contributed by atoms with van der Waals surface area (Å²) in [7, 11) is 0. The molecular formula is C19H17N3O3. The standard InChI is InChI=1S/C19H17N3O3/c1-19(2,24-14-9-7-13(11-20)8-10-14)18(23)21-12-16-15-5-3-4-6-17(15)25-22-16/h3-10H,12H2,1-2H3,(H,21,23). The van der Waals surface area contributed by atoms with E-state index in [1.165, 1.54) is 0 Å². The monoisotopic (exact) mass is 335 g/mol. The molecule has 0 saturated heterocycles. The maximum Gasteiger partial charge on any atom is 0.263 e. The smallest absolute Gasteiger partial charge is 0.263 e. The lowest BCUT2D eigenvalue weighted by Crippen LogP contribution is -2.46. The summed E-state index contributed by atoms with van der Waals surface area (Å²) in [5.74, 6) is 0.245. The van der Waals surface area contributed by atoms with Gasteiger partial charge in [0.1, 0.15) is 11.4 Å². The van der Waals surface area contributed by atoms with Gasteiger partial charge >= 0.3 is 0 Å². The SMILES string of the molecule is CC(C)(Oc1ccc(C#N)cc1)C(=O)NCc1noc2ccccc12. The van der Waals surface area contributed by atoms with E-state index in [1.54, 1.807) is 38.1 Å². The van der Waals surface area contributed by atoms with E-state index in [2.05, 4.69) is 10.5 Å². The number of rotatable bonds is 5. The molecule has 0 fully saturated rings. The van der Waals surface area contributed by atoms with E-state index < -0.39 is 5.60 Å². The van der Waals surface area contributed by atoms with Crippen LogP contribution in [-0.4, -0.2) is 16.7 Å². The van der Waals surface area contributed by atoms with Crippen molar-refractivity contribution in [1.29, 1.82) is 5.26 Å². The van der Waals surface area contributed by atoms with Gasteiger partial charge in [-0.3, -0.25) is 4.79 Å². The second-order valence-corrected chi connectivity index (χ2v) is 6.06. The fourth-order valence-electron chi connectivity index (χ4n) is 2.38. The van der Waals surface area contributed by atoms with Crippen molar-refractivity contribution < 1.29 is 14.1 Å². The molecule has 6 heteroatoms. The Kier molecular flexibility index (Phi) is 4.40. The molecule has 2 aromatic carbocycles. The predicted octanol–water partition coefficient (Wildman–Crippen LogP) is 3.17. The van der Waals surface area contributed by atoms with Crippen LogP contribution in [0, 0.1) is 11.3 Å². The molecule has 1 N–H and O–H groups in total. The lowest BCUT2D eigenvalue weighted by molar-refractivity contribution is -0.134. The Morgan fingerprint density at radius 3 is 2.68 bits per heavy atom. The van der Waals surface area contributed by atoms with E-state index in [4.69, 9.17) is 14.5 Å². The summed E-state index contributed by atoms with van der Waals surface area (Å²) in [6, 6.07) is 16.1. The van der Waals surface area contributed by atoms with Gasteiger partial charge in [-0.05, 0) is 50.2 Å². The van der Waals surface area contributed by atoms with Gasteiger partial charge in [-0.1, -0.05) is 17.3 Å². The molecule has 126 valence electrons. The average molecular weight is 335 g/mol. The Hall–Kier alpha value is -3.33. The molecule has 0 radical (unpaired) electrons. The molecule has 6 nitrogen and oxygen atoms in total. The van der Waals surface area contributed by atoms with E-state index >= 15 is 0 Å². The van der Waals surface area contributed by atoms with Crippen molar-refractivity contribution in [1.82, 2.24) is 10.5 Å². The van der Waals surface area contributed by atoms with Crippen molar-refractivity contribution in [3.63, 3.8) is 0 Å². The Morgan fingerprint density at radius 2 is 1.96 bits per heavy atom. The van der Waals surface area contributed by atoms with Crippen LogP contribution in [0.3, 0.4) is 0 Å². The normalized spacial score (nSPS) is 11.1. The molecule has 0 aliphatic carbocycles. The fraction of sp³-hybridized carbons (Fsp3) is 0.211. The Bertz CT molecular complexity index is 936. The summed E-state index contributed by atoms with van der Waals surface area (Å²) in [5.41, 5.74) is 0.804. The zero-order valence-corrected chi connectivity index (χ0v) is 13.9. The maximum absolute atomic E-state index is 12.5. The second kappa shape index (κ2) is 6.65. The van der Waals surface area contributed by atoms with Crippen molar-refractivity contribution in [3.05, 3.63) is 59.8 Å². The molecule has 0 saturated carbocycles. The molecule has 1 amide bonds. The number of nitrogens with one attached hydrogen (secondary N) is 1. The van der Waals surface area contributed by atoms with Gasteiger partial charge in [-0.2, -0.15) is 5.26 Å². The molecule has 0 bridgehead atoms. The topological polar surface area (TPSA) is 88.1 Å². The summed E-state index contributed by atoms with van der Waals surface area (Å²) in [6.07, 6.45) is 0. The van der Waals surface area contributed by atoms with Crippen molar-refractivity contribution in [3.8, 4) is 11.8 Å². The Morgan fingerprint density at radius 1 is 1.24 bits per heavy atom. The van der Waals surface area contributed by atoms with E-state index in [9.17, 15) is 4.79 Å². The first-order chi connectivity index (χ1) is 12.0. The van der Waals surface area contributed by atoms with Crippen molar-refractivity contribution in [2.24, 2.45) is 0 Å². The van der Waals surface area contributed by atoms with Crippen LogP contribution in [0.4, 0.5) is 0 Å². The molecule has 3 aromatic rings. The highest BCUT2D eigenvalue weighted by molar-refractivity contribution is 5.85. The van der Waals surface area contributed by atoms with Crippen LogP contribution in [-0.2, 0) is 11.3 Å². The molecule has 25 heavy (non-hydrogen) atoms. The number of benzene rings is 2. The zero-order valence-electron chi connectivity index (χ0n) is 13.9. The minimum atomic E-state index is -1.08. The third-order valence-electron chi connectivity index (χ3n) is 3.77. The average Bonchev–Trinajstić information content (AvgIpc) is 3.03. The first-order valence-electron chi connectivity index (χ1n) is 7.80. The summed E-state index contributed by atoms with van der Waals surface area (Å²) in [5, 5.41) is 16.5. The van der Waals surface area contributed by atoms with Gasteiger partial charge in [0.2, 0.25) is 0 Å². The lowest BCUT2D eigenvalue weighted by atomic mass is 10.1. The minimum absolute atomic E-state index is 0.246. The number of hydrogen-bond donors (Lipinski definition) is 1. The number of carbonyl (C=O) groups excluding carboxylic acids is 1. The highest BCUT2D eigenvalue weighted by atomic mass is 16.5. The van der Waals surface area contributed by atoms with Gasteiger partial charge < -0.3 is 14.6 Å². The van der Waals surface area contributed by atoms with Gasteiger partial charge in [0.25, 0.3) is 5.91 Å². The van der Waals surface area contributed by atoms with Gasteiger partial charge in [0.15, 0.2) is 11.2 Å². The van der Waals surface area contributed by atoms with E-state index in [1.807, 2.05) is 30.3 Å². The summed E-state index contributed by atoms with van der Waals surface area (Å²) in [6.45, 7) is 3.61. The number of para-hydroxylation sites is 1. The van der Waals surface area contributed by atoms with Crippen LogP contribution in [0.1, 0.15) is 25.1 Å². The van der Waals surface area contributed by atoms with Crippen LogP contribution in [0.15, 0.2) is 53.1 Å². The maximum atomic E-state index is 12.5. The Balaban J connectivity index is 1.65. The minimum Gasteiger partial charge on any atom is -0.478 e. The van der Waals surface area contributed by atoms with Crippen molar-refractivity contribution in [2.45, 2.75) is 26.0 Å². The quantitative estimate of drug-likeness (QED) is 0.773. The molecule has 0 aliphatic rings. The van der Waals surface area contributed by atoms with E-state index in [-0.39, 0.29) is 12.5 Å². The first kappa shape index (κ1) is 16.5. The highest BCUT2D eigenvalue weighted by Gasteiger charge is 2.30. The van der Waals surface area contributed by atoms with Gasteiger partial charge in [0, 0.05) is 5.39 Å².